The van der Waals surface area contributed by atoms with Gasteiger partial charge in [0.1, 0.15) is 6.10 Å². The Morgan fingerprint density at radius 2 is 1.74 bits per heavy atom. The molecule has 4 nitrogen and oxygen atoms in total. The quantitative estimate of drug-likeness (QED) is 0.776. The standard InChI is InChI=1S/C23H30N2O2/c1-24-12-14-25(15-13-24)21-8-4-5-9-22(21)27-23(26)17-18-10-11-19-6-2-3-7-20(19)16-18/h2-3,6-7,10-11,16,21-22H,4-5,8-9,12-15,17H2,1H3/t21-,22-/m0/s1. The molecule has 0 aromatic heterocycles. The van der Waals surface area contributed by atoms with E-state index in [1.165, 1.54) is 17.2 Å². The van der Waals surface area contributed by atoms with Gasteiger partial charge >= 0.3 is 5.97 Å². The predicted molar refractivity (Wildman–Crippen MR) is 109 cm³/mol. The second-order valence-electron chi connectivity index (χ2n) is 8.08. The number of hydrogen-bond donors (Lipinski definition) is 0. The summed E-state index contributed by atoms with van der Waals surface area (Å²) in [6.07, 6.45) is 4.97. The Morgan fingerprint density at radius 3 is 2.56 bits per heavy atom. The fraction of sp³-hybridized carbons (Fsp3) is 0.522. The summed E-state index contributed by atoms with van der Waals surface area (Å²) in [4.78, 5) is 17.6. The number of nitrogens with zero attached hydrogens (tertiary/aromatic N) is 2. The fourth-order valence-corrected chi connectivity index (χ4v) is 4.51. The van der Waals surface area contributed by atoms with E-state index >= 15 is 0 Å². The van der Waals surface area contributed by atoms with Crippen molar-refractivity contribution in [3.05, 3.63) is 48.0 Å². The van der Waals surface area contributed by atoms with Crippen LogP contribution in [-0.4, -0.2) is 61.1 Å². The van der Waals surface area contributed by atoms with E-state index in [9.17, 15) is 4.79 Å². The van der Waals surface area contributed by atoms with E-state index in [2.05, 4.69) is 41.1 Å². The van der Waals surface area contributed by atoms with Crippen LogP contribution in [0.2, 0.25) is 0 Å². The molecule has 4 heteroatoms. The van der Waals surface area contributed by atoms with Crippen LogP contribution in [0.25, 0.3) is 10.8 Å². The number of benzene rings is 2. The topological polar surface area (TPSA) is 32.8 Å². The van der Waals surface area contributed by atoms with Crippen molar-refractivity contribution < 1.29 is 9.53 Å². The predicted octanol–water partition coefficient (Wildman–Crippen LogP) is 3.48. The number of fused-ring (bicyclic) bond motifs is 1. The molecule has 2 fully saturated rings. The van der Waals surface area contributed by atoms with Gasteiger partial charge in [0.15, 0.2) is 0 Å². The van der Waals surface area contributed by atoms with E-state index in [-0.39, 0.29) is 12.1 Å². The number of carbonyl (C=O) groups is 1. The third-order valence-corrected chi connectivity index (χ3v) is 6.12. The highest BCUT2D eigenvalue weighted by Crippen LogP contribution is 2.27. The van der Waals surface area contributed by atoms with Gasteiger partial charge in [-0.15, -0.1) is 0 Å². The van der Waals surface area contributed by atoms with Crippen molar-refractivity contribution in [3.63, 3.8) is 0 Å². The summed E-state index contributed by atoms with van der Waals surface area (Å²) >= 11 is 0. The maximum atomic E-state index is 12.6. The SMILES string of the molecule is CN1CCN([C@H]2CCCC[C@@H]2OC(=O)Cc2ccc3ccccc3c2)CC1. The molecule has 144 valence electrons. The third kappa shape index (κ3) is 4.50. The van der Waals surface area contributed by atoms with Crippen LogP contribution in [0, 0.1) is 0 Å². The summed E-state index contributed by atoms with van der Waals surface area (Å²) in [6, 6.07) is 14.9. The summed E-state index contributed by atoms with van der Waals surface area (Å²) in [5, 5.41) is 2.38. The molecule has 27 heavy (non-hydrogen) atoms. The van der Waals surface area contributed by atoms with Gasteiger partial charge < -0.3 is 9.64 Å². The van der Waals surface area contributed by atoms with Crippen LogP contribution in [0.5, 0.6) is 0 Å². The summed E-state index contributed by atoms with van der Waals surface area (Å²) in [6.45, 7) is 4.38. The van der Waals surface area contributed by atoms with E-state index < -0.39 is 0 Å². The van der Waals surface area contributed by atoms with Gasteiger partial charge in [0, 0.05) is 32.2 Å². The Kier molecular flexibility index (Phi) is 5.74. The second kappa shape index (κ2) is 8.41. The van der Waals surface area contributed by atoms with E-state index in [1.54, 1.807) is 0 Å². The summed E-state index contributed by atoms with van der Waals surface area (Å²) in [5.74, 6) is -0.0868. The Morgan fingerprint density at radius 1 is 1.00 bits per heavy atom. The summed E-state index contributed by atoms with van der Waals surface area (Å²) in [5.41, 5.74) is 1.03. The van der Waals surface area contributed by atoms with Crippen molar-refractivity contribution in [1.29, 1.82) is 0 Å². The maximum Gasteiger partial charge on any atom is 0.310 e. The summed E-state index contributed by atoms with van der Waals surface area (Å²) < 4.78 is 6.01. The van der Waals surface area contributed by atoms with Crippen LogP contribution in [0.1, 0.15) is 31.2 Å². The molecule has 0 N–H and O–H groups in total. The lowest BCUT2D eigenvalue weighted by molar-refractivity contribution is -0.154. The van der Waals surface area contributed by atoms with E-state index in [1.807, 2.05) is 18.2 Å². The molecule has 1 saturated heterocycles. The number of hydrogen-bond acceptors (Lipinski definition) is 4. The van der Waals surface area contributed by atoms with Gasteiger partial charge in [-0.2, -0.15) is 0 Å². The van der Waals surface area contributed by atoms with Gasteiger partial charge in [-0.3, -0.25) is 9.69 Å². The van der Waals surface area contributed by atoms with Gasteiger partial charge in [0.25, 0.3) is 0 Å². The first-order chi connectivity index (χ1) is 13.2. The molecule has 0 amide bonds. The minimum atomic E-state index is -0.0868. The number of piperazine rings is 1. The molecule has 2 aromatic rings. The molecule has 1 saturated carbocycles. The largest absolute Gasteiger partial charge is 0.460 e. The van der Waals surface area contributed by atoms with Crippen molar-refractivity contribution in [2.45, 2.75) is 44.2 Å². The minimum Gasteiger partial charge on any atom is -0.460 e. The van der Waals surface area contributed by atoms with Crippen LogP contribution in [0.3, 0.4) is 0 Å². The van der Waals surface area contributed by atoms with Gasteiger partial charge in [-0.1, -0.05) is 48.9 Å². The summed E-state index contributed by atoms with van der Waals surface area (Å²) in [7, 11) is 2.18. The third-order valence-electron chi connectivity index (χ3n) is 6.12. The lowest BCUT2D eigenvalue weighted by Crippen LogP contribution is -2.54. The average Bonchev–Trinajstić information content (AvgIpc) is 2.69. The molecule has 2 aliphatic rings. The normalized spacial score (nSPS) is 24.8. The smallest absolute Gasteiger partial charge is 0.310 e. The Labute approximate surface area is 162 Å². The van der Waals surface area contributed by atoms with Crippen molar-refractivity contribution in [1.82, 2.24) is 9.80 Å². The van der Waals surface area contributed by atoms with Crippen molar-refractivity contribution >= 4 is 16.7 Å². The molecule has 1 aliphatic carbocycles. The molecular weight excluding hydrogens is 336 g/mol. The molecule has 2 aromatic carbocycles. The number of ether oxygens (including phenoxy) is 1. The lowest BCUT2D eigenvalue weighted by atomic mass is 9.90. The van der Waals surface area contributed by atoms with Crippen LogP contribution in [-0.2, 0) is 16.0 Å². The average molecular weight is 367 g/mol. The van der Waals surface area contributed by atoms with Gasteiger partial charge in [0.2, 0.25) is 0 Å². The van der Waals surface area contributed by atoms with Crippen LogP contribution < -0.4 is 0 Å². The van der Waals surface area contributed by atoms with Crippen molar-refractivity contribution in [3.8, 4) is 0 Å². The van der Waals surface area contributed by atoms with Crippen LogP contribution >= 0.6 is 0 Å². The van der Waals surface area contributed by atoms with E-state index in [0.29, 0.717) is 12.5 Å². The van der Waals surface area contributed by atoms with E-state index in [4.69, 9.17) is 4.74 Å². The first-order valence-electron chi connectivity index (χ1n) is 10.3. The van der Waals surface area contributed by atoms with Crippen LogP contribution in [0.4, 0.5) is 0 Å². The molecule has 0 radical (unpaired) electrons. The first-order valence-corrected chi connectivity index (χ1v) is 10.3. The second-order valence-corrected chi connectivity index (χ2v) is 8.08. The van der Waals surface area contributed by atoms with E-state index in [0.717, 1.165) is 51.0 Å². The number of likely N-dealkylation sites (N-methyl/N-ethyl adjacent to an activating group) is 1. The Balaban J connectivity index is 1.39. The molecular formula is C23H30N2O2. The monoisotopic (exact) mass is 366 g/mol. The van der Waals surface area contributed by atoms with Crippen molar-refractivity contribution in [2.75, 3.05) is 33.2 Å². The molecule has 2 atom stereocenters. The Hall–Kier alpha value is -1.91. The highest BCUT2D eigenvalue weighted by Gasteiger charge is 2.33. The Bertz CT molecular complexity index is 783. The van der Waals surface area contributed by atoms with Gasteiger partial charge in [0.05, 0.1) is 6.42 Å². The maximum absolute atomic E-state index is 12.6. The molecule has 0 unspecified atom stereocenters. The number of rotatable bonds is 4. The fourth-order valence-electron chi connectivity index (χ4n) is 4.51. The number of carbonyl (C=O) groups excluding carboxylic acids is 1. The number of esters is 1. The lowest BCUT2D eigenvalue weighted by Gasteiger charge is -2.43. The van der Waals surface area contributed by atoms with Crippen LogP contribution in [0.15, 0.2) is 42.5 Å². The molecule has 0 spiro atoms. The zero-order chi connectivity index (χ0) is 18.6. The molecule has 0 bridgehead atoms. The van der Waals surface area contributed by atoms with Crippen molar-refractivity contribution in [2.24, 2.45) is 0 Å². The minimum absolute atomic E-state index is 0.0510. The first kappa shape index (κ1) is 18.5. The molecule has 1 aliphatic heterocycles. The highest BCUT2D eigenvalue weighted by atomic mass is 16.5. The molecule has 1 heterocycles. The van der Waals surface area contributed by atoms with Gasteiger partial charge in [-0.25, -0.2) is 0 Å². The van der Waals surface area contributed by atoms with Gasteiger partial charge in [-0.05, 0) is 42.6 Å². The zero-order valence-electron chi connectivity index (χ0n) is 16.3. The molecule has 4 rings (SSSR count). The highest BCUT2D eigenvalue weighted by molar-refractivity contribution is 5.84. The zero-order valence-corrected chi connectivity index (χ0v) is 16.3.